The lowest BCUT2D eigenvalue weighted by atomic mass is 9.83. The maximum absolute atomic E-state index is 13.4. The molecule has 3 aromatic carbocycles. The van der Waals surface area contributed by atoms with E-state index in [2.05, 4.69) is 10.0 Å². The molecule has 0 fully saturated rings. The molecule has 0 spiro atoms. The fourth-order valence-corrected chi connectivity index (χ4v) is 5.39. The van der Waals surface area contributed by atoms with Crippen molar-refractivity contribution in [3.8, 4) is 5.75 Å². The molecule has 0 bridgehead atoms. The average Bonchev–Trinajstić information content (AvgIpc) is 3.41. The third-order valence-electron chi connectivity index (χ3n) is 7.49. The van der Waals surface area contributed by atoms with Crippen molar-refractivity contribution in [3.05, 3.63) is 117 Å². The molecule has 0 atom stereocenters. The van der Waals surface area contributed by atoms with Gasteiger partial charge in [0.25, 0.3) is 11.6 Å². The number of fused-ring (bicyclic) bond motifs is 1. The van der Waals surface area contributed by atoms with Crippen LogP contribution in [-0.4, -0.2) is 40.3 Å². The molecular weight excluding hydrogens is 548 g/mol. The number of carboxylic acid groups (broad SMARTS) is 1. The second-order valence-corrected chi connectivity index (χ2v) is 11.1. The van der Waals surface area contributed by atoms with Crippen molar-refractivity contribution in [2.75, 3.05) is 16.5 Å². The number of nitro benzene ring substituents is 1. The van der Waals surface area contributed by atoms with Crippen molar-refractivity contribution in [1.29, 1.82) is 0 Å². The highest BCUT2D eigenvalue weighted by Crippen LogP contribution is 2.49. The van der Waals surface area contributed by atoms with Gasteiger partial charge in [-0.05, 0) is 73.9 Å². The molecule has 0 saturated carbocycles. The number of carbonyl (C=O) groups is 2. The summed E-state index contributed by atoms with van der Waals surface area (Å²) in [5, 5.41) is 26.6. The van der Waals surface area contributed by atoms with E-state index in [0.29, 0.717) is 18.7 Å². The maximum atomic E-state index is 13.4. The Morgan fingerprint density at radius 2 is 1.77 bits per heavy atom. The van der Waals surface area contributed by atoms with E-state index in [-0.39, 0.29) is 23.1 Å². The summed E-state index contributed by atoms with van der Waals surface area (Å²) in [5.41, 5.74) is 2.77. The summed E-state index contributed by atoms with van der Waals surface area (Å²) < 4.78 is 5.76. The number of aliphatic carboxylic acids is 1. The highest BCUT2D eigenvalue weighted by molar-refractivity contribution is 6.52. The minimum Gasteiger partial charge on any atom is -0.491 e. The van der Waals surface area contributed by atoms with Crippen molar-refractivity contribution in [2.45, 2.75) is 45.6 Å². The number of amides is 1. The molecule has 1 N–H and O–H groups in total. The van der Waals surface area contributed by atoms with Crippen LogP contribution in [0.1, 0.15) is 38.8 Å². The van der Waals surface area contributed by atoms with Gasteiger partial charge in [0.15, 0.2) is 5.71 Å². The van der Waals surface area contributed by atoms with Gasteiger partial charge < -0.3 is 14.7 Å². The molecule has 0 aromatic heterocycles. The molecule has 10 nitrogen and oxygen atoms in total. The number of anilines is 2. The summed E-state index contributed by atoms with van der Waals surface area (Å²) in [7, 11) is 0. The Hall–Kier alpha value is -5.25. The zero-order valence-electron chi connectivity index (χ0n) is 24.4. The lowest BCUT2D eigenvalue weighted by Gasteiger charge is -2.27. The lowest BCUT2D eigenvalue weighted by Crippen LogP contribution is -2.28. The monoisotopic (exact) mass is 580 g/mol. The van der Waals surface area contributed by atoms with Gasteiger partial charge in [0.05, 0.1) is 22.3 Å². The van der Waals surface area contributed by atoms with Crippen molar-refractivity contribution in [1.82, 2.24) is 0 Å². The quantitative estimate of drug-likeness (QED) is 0.186. The molecule has 0 saturated heterocycles. The van der Waals surface area contributed by atoms with Crippen LogP contribution < -0.4 is 14.6 Å². The number of hydrogen-bond acceptors (Lipinski definition) is 7. The van der Waals surface area contributed by atoms with Gasteiger partial charge in [-0.15, -0.1) is 0 Å². The smallest absolute Gasteiger partial charge is 0.357 e. The van der Waals surface area contributed by atoms with Gasteiger partial charge in [-0.1, -0.05) is 44.2 Å². The lowest BCUT2D eigenvalue weighted by molar-refractivity contribution is -0.384. The number of nitrogens with zero attached hydrogens (tertiary/aromatic N) is 4. The summed E-state index contributed by atoms with van der Waals surface area (Å²) >= 11 is 0. The van der Waals surface area contributed by atoms with E-state index in [1.165, 1.54) is 12.1 Å². The summed E-state index contributed by atoms with van der Waals surface area (Å²) in [6.45, 7) is 8.39. The molecule has 3 aromatic rings. The van der Waals surface area contributed by atoms with E-state index in [1.54, 1.807) is 48.5 Å². The Bertz CT molecular complexity index is 1670. The van der Waals surface area contributed by atoms with Crippen LogP contribution in [0, 0.1) is 10.1 Å². The van der Waals surface area contributed by atoms with Gasteiger partial charge in [-0.3, -0.25) is 14.9 Å². The number of ether oxygens (including phenoxy) is 1. The second-order valence-electron chi connectivity index (χ2n) is 11.1. The van der Waals surface area contributed by atoms with Gasteiger partial charge in [0.1, 0.15) is 5.75 Å². The standard InChI is InChI=1S/C33H32N4O6/c1-21(2)43-25-13-10-22(11-14-25)18-19-35-28-16-12-24(37(41)42)20-27(28)33(3,4)29(35)17-15-26-30(32(39)40)34-36(31(26)38)23-8-6-5-7-9-23/h5-17,20-21H,18-19H2,1-4H3,(H,39,40)/b26-15-,29-17+. The largest absolute Gasteiger partial charge is 0.491 e. The van der Waals surface area contributed by atoms with Crippen molar-refractivity contribution in [2.24, 2.45) is 5.10 Å². The maximum Gasteiger partial charge on any atom is 0.357 e. The molecule has 2 aliphatic heterocycles. The first-order valence-corrected chi connectivity index (χ1v) is 13.9. The highest BCUT2D eigenvalue weighted by Gasteiger charge is 2.41. The van der Waals surface area contributed by atoms with Gasteiger partial charge in [0.2, 0.25) is 0 Å². The molecule has 0 unspecified atom stereocenters. The van der Waals surface area contributed by atoms with Crippen LogP contribution >= 0.6 is 0 Å². The normalized spacial score (nSPS) is 17.5. The topological polar surface area (TPSA) is 126 Å². The summed E-state index contributed by atoms with van der Waals surface area (Å²) in [4.78, 5) is 38.7. The Kier molecular flexibility index (Phi) is 7.86. The molecule has 2 heterocycles. The molecule has 2 aliphatic rings. The minimum atomic E-state index is -1.32. The first kappa shape index (κ1) is 29.2. The van der Waals surface area contributed by atoms with Gasteiger partial charge in [0, 0.05) is 35.5 Å². The number of non-ortho nitro benzene ring substituents is 1. The van der Waals surface area contributed by atoms with Crippen LogP contribution in [0.25, 0.3) is 0 Å². The molecule has 0 radical (unpaired) electrons. The fraction of sp³-hybridized carbons (Fsp3) is 0.242. The SMILES string of the molecule is CC(C)Oc1ccc(CCN2/C(=C/C=C3\C(=O)N(c4ccccc4)N=C3C(=O)O)C(C)(C)c3cc([N+](=O)[O-])ccc32)cc1. The summed E-state index contributed by atoms with van der Waals surface area (Å²) in [6, 6.07) is 21.3. The number of rotatable bonds is 9. The van der Waals surface area contributed by atoms with E-state index in [9.17, 15) is 24.8 Å². The predicted octanol–water partition coefficient (Wildman–Crippen LogP) is 6.02. The third kappa shape index (κ3) is 5.76. The molecular formula is C33H32N4O6. The van der Waals surface area contributed by atoms with Crippen molar-refractivity contribution < 1.29 is 24.4 Å². The molecule has 1 amide bonds. The number of allylic oxidation sites excluding steroid dienone is 3. The highest BCUT2D eigenvalue weighted by atomic mass is 16.6. The Morgan fingerprint density at radius 3 is 2.40 bits per heavy atom. The predicted molar refractivity (Wildman–Crippen MR) is 165 cm³/mol. The number of carbonyl (C=O) groups excluding carboxylic acids is 1. The van der Waals surface area contributed by atoms with E-state index in [1.807, 2.05) is 52.0 Å². The van der Waals surface area contributed by atoms with Crippen LogP contribution in [0.2, 0.25) is 0 Å². The van der Waals surface area contributed by atoms with E-state index in [0.717, 1.165) is 33.3 Å². The number of hydrogen-bond donors (Lipinski definition) is 1. The van der Waals surface area contributed by atoms with Gasteiger partial charge >= 0.3 is 5.97 Å². The number of nitro groups is 1. The van der Waals surface area contributed by atoms with Crippen LogP contribution in [-0.2, 0) is 21.4 Å². The van der Waals surface area contributed by atoms with Gasteiger partial charge in [-0.2, -0.15) is 10.1 Å². The molecule has 43 heavy (non-hydrogen) atoms. The molecule has 220 valence electrons. The van der Waals surface area contributed by atoms with Crippen LogP contribution in [0.4, 0.5) is 17.1 Å². The van der Waals surface area contributed by atoms with E-state index >= 15 is 0 Å². The Balaban J connectivity index is 1.52. The fourth-order valence-electron chi connectivity index (χ4n) is 5.39. The van der Waals surface area contributed by atoms with E-state index in [4.69, 9.17) is 4.74 Å². The van der Waals surface area contributed by atoms with Crippen LogP contribution in [0.3, 0.4) is 0 Å². The second kappa shape index (κ2) is 11.6. The molecule has 0 aliphatic carbocycles. The van der Waals surface area contributed by atoms with Gasteiger partial charge in [-0.25, -0.2) is 4.79 Å². The summed E-state index contributed by atoms with van der Waals surface area (Å²) in [5.74, 6) is -1.09. The Morgan fingerprint density at radius 1 is 1.07 bits per heavy atom. The van der Waals surface area contributed by atoms with Crippen molar-refractivity contribution >= 4 is 34.7 Å². The number of benzene rings is 3. The van der Waals surface area contributed by atoms with Crippen molar-refractivity contribution in [3.63, 3.8) is 0 Å². The zero-order chi connectivity index (χ0) is 30.9. The third-order valence-corrected chi connectivity index (χ3v) is 7.49. The van der Waals surface area contributed by atoms with E-state index < -0.39 is 22.2 Å². The van der Waals surface area contributed by atoms with Crippen LogP contribution in [0.15, 0.2) is 101 Å². The number of hydrazone groups is 1. The van der Waals surface area contributed by atoms with Crippen LogP contribution in [0.5, 0.6) is 5.75 Å². The summed E-state index contributed by atoms with van der Waals surface area (Å²) in [6.07, 6.45) is 3.94. The molecule has 10 heteroatoms. The minimum absolute atomic E-state index is 0.0168. The Labute approximate surface area is 249 Å². The average molecular weight is 581 g/mol. The number of carboxylic acids is 1. The first-order valence-electron chi connectivity index (χ1n) is 13.9. The zero-order valence-corrected chi connectivity index (χ0v) is 24.4. The first-order chi connectivity index (χ1) is 20.5. The number of para-hydroxylation sites is 1. The molecule has 5 rings (SSSR count).